The molecule has 0 amide bonds. The number of cyclic esters (lactones) is 1. The van der Waals surface area contributed by atoms with E-state index in [1.54, 1.807) is 0 Å². The van der Waals surface area contributed by atoms with Gasteiger partial charge in [0.15, 0.2) is 0 Å². The van der Waals surface area contributed by atoms with Crippen LogP contribution in [0.5, 0.6) is 0 Å². The molecule has 4 rings (SSSR count). The number of hydrogen-bond acceptors (Lipinski definition) is 3. The summed E-state index contributed by atoms with van der Waals surface area (Å²) in [5.41, 5.74) is 2.38. The molecule has 6 atom stereocenters. The molecule has 0 aromatic heterocycles. The Labute approximate surface area is 157 Å². The Bertz CT molecular complexity index is 682. The molecule has 1 aromatic carbocycles. The molecule has 142 valence electrons. The molecule has 3 aliphatic rings. The van der Waals surface area contributed by atoms with Gasteiger partial charge in [-0.1, -0.05) is 58.4 Å². The van der Waals surface area contributed by atoms with E-state index in [0.29, 0.717) is 17.8 Å². The highest BCUT2D eigenvalue weighted by Crippen LogP contribution is 2.50. The molecule has 1 saturated carbocycles. The van der Waals surface area contributed by atoms with E-state index in [0.717, 1.165) is 19.3 Å². The van der Waals surface area contributed by atoms with Crippen molar-refractivity contribution in [3.8, 4) is 0 Å². The third kappa shape index (κ3) is 2.98. The van der Waals surface area contributed by atoms with E-state index >= 15 is 0 Å². The number of ether oxygens (including phenoxy) is 2. The highest BCUT2D eigenvalue weighted by atomic mass is 16.7. The fraction of sp³-hybridized carbons (Fsp3) is 0.696. The summed E-state index contributed by atoms with van der Waals surface area (Å²) in [4.78, 5) is 12.7. The molecular formula is C23H32O3. The number of rotatable bonds is 3. The Morgan fingerprint density at radius 2 is 1.92 bits per heavy atom. The smallest absolute Gasteiger partial charge is 0.312 e. The van der Waals surface area contributed by atoms with Gasteiger partial charge in [0.05, 0.1) is 12.0 Å². The summed E-state index contributed by atoms with van der Waals surface area (Å²) in [5.74, 6) is 1.68. The number of carbonyl (C=O) groups is 1. The van der Waals surface area contributed by atoms with Gasteiger partial charge in [-0.2, -0.15) is 0 Å². The predicted octanol–water partition coefficient (Wildman–Crippen LogP) is 4.77. The quantitative estimate of drug-likeness (QED) is 0.732. The average molecular weight is 357 g/mol. The minimum atomic E-state index is -0.412. The maximum absolute atomic E-state index is 12.7. The first-order chi connectivity index (χ1) is 12.4. The molecule has 2 aliphatic carbocycles. The Hall–Kier alpha value is -1.35. The summed E-state index contributed by atoms with van der Waals surface area (Å²) in [6.45, 7) is 9.09. The number of carbonyl (C=O) groups excluding carboxylic acids is 1. The van der Waals surface area contributed by atoms with E-state index in [-0.39, 0.29) is 23.4 Å². The molecule has 1 aliphatic heterocycles. The van der Waals surface area contributed by atoms with Crippen LogP contribution in [0.4, 0.5) is 0 Å². The first-order valence-electron chi connectivity index (χ1n) is 10.3. The summed E-state index contributed by atoms with van der Waals surface area (Å²) in [7, 11) is 0. The van der Waals surface area contributed by atoms with Crippen LogP contribution in [-0.4, -0.2) is 18.4 Å². The first-order valence-corrected chi connectivity index (χ1v) is 10.3. The molecule has 0 bridgehead atoms. The molecule has 1 aromatic rings. The van der Waals surface area contributed by atoms with Crippen molar-refractivity contribution in [3.05, 3.63) is 35.4 Å². The van der Waals surface area contributed by atoms with Crippen molar-refractivity contribution in [2.45, 2.75) is 72.2 Å². The van der Waals surface area contributed by atoms with Gasteiger partial charge in [0.2, 0.25) is 6.29 Å². The molecule has 3 heteroatoms. The molecule has 0 N–H and O–H groups in total. The maximum Gasteiger partial charge on any atom is 0.312 e. The average Bonchev–Trinajstić information content (AvgIpc) is 2.83. The molecule has 26 heavy (non-hydrogen) atoms. The van der Waals surface area contributed by atoms with Gasteiger partial charge in [0, 0.05) is 5.41 Å². The van der Waals surface area contributed by atoms with Gasteiger partial charge in [-0.3, -0.25) is 4.79 Å². The zero-order chi connectivity index (χ0) is 18.5. The lowest BCUT2D eigenvalue weighted by molar-refractivity contribution is -0.211. The maximum atomic E-state index is 12.7. The van der Waals surface area contributed by atoms with E-state index in [1.165, 1.54) is 24.0 Å². The standard InChI is InChI=1S/C23H32O3/c1-14(2)18-10-9-15(3)11-20(18)25-22-23(4)13-17-8-6-5-7-16(17)12-19(23)21(24)26-22/h5-8,14-15,18-20,22H,9-13H2,1-4H3/t15-,18+,19+,20-,22+,23+/m0/s1. The minimum Gasteiger partial charge on any atom is -0.435 e. The van der Waals surface area contributed by atoms with E-state index in [9.17, 15) is 4.79 Å². The van der Waals surface area contributed by atoms with Gasteiger partial charge in [-0.25, -0.2) is 0 Å². The van der Waals surface area contributed by atoms with Crippen LogP contribution in [0.3, 0.4) is 0 Å². The van der Waals surface area contributed by atoms with Gasteiger partial charge >= 0.3 is 5.97 Å². The van der Waals surface area contributed by atoms with Crippen LogP contribution in [0.25, 0.3) is 0 Å². The van der Waals surface area contributed by atoms with Gasteiger partial charge in [-0.05, 0) is 54.6 Å². The lowest BCUT2D eigenvalue weighted by atomic mass is 9.66. The largest absolute Gasteiger partial charge is 0.435 e. The Balaban J connectivity index is 1.58. The Morgan fingerprint density at radius 3 is 2.65 bits per heavy atom. The molecule has 0 unspecified atom stereocenters. The van der Waals surface area contributed by atoms with Gasteiger partial charge in [0.25, 0.3) is 0 Å². The van der Waals surface area contributed by atoms with Crippen LogP contribution >= 0.6 is 0 Å². The first kappa shape index (κ1) is 18.0. The highest BCUT2D eigenvalue weighted by Gasteiger charge is 2.57. The lowest BCUT2D eigenvalue weighted by Crippen LogP contribution is -2.45. The Morgan fingerprint density at radius 1 is 1.19 bits per heavy atom. The fourth-order valence-electron chi connectivity index (χ4n) is 5.45. The second kappa shape index (κ2) is 6.67. The van der Waals surface area contributed by atoms with Gasteiger partial charge < -0.3 is 9.47 Å². The zero-order valence-corrected chi connectivity index (χ0v) is 16.5. The molecule has 1 saturated heterocycles. The van der Waals surface area contributed by atoms with Crippen LogP contribution in [0, 0.1) is 29.1 Å². The summed E-state index contributed by atoms with van der Waals surface area (Å²) in [5, 5.41) is 0. The minimum absolute atomic E-state index is 0.0723. The van der Waals surface area contributed by atoms with Crippen LogP contribution < -0.4 is 0 Å². The van der Waals surface area contributed by atoms with Crippen LogP contribution in [0.1, 0.15) is 58.1 Å². The van der Waals surface area contributed by atoms with Crippen LogP contribution in [0.15, 0.2) is 24.3 Å². The van der Waals surface area contributed by atoms with E-state index in [2.05, 4.69) is 52.0 Å². The number of fused-ring (bicyclic) bond motifs is 2. The van der Waals surface area contributed by atoms with Crippen molar-refractivity contribution in [2.24, 2.45) is 29.1 Å². The predicted molar refractivity (Wildman–Crippen MR) is 102 cm³/mol. The zero-order valence-electron chi connectivity index (χ0n) is 16.5. The molecule has 1 heterocycles. The normalized spacial score (nSPS) is 39.4. The Kier molecular flexibility index (Phi) is 4.63. The van der Waals surface area contributed by atoms with Crippen molar-refractivity contribution in [1.29, 1.82) is 0 Å². The molecular weight excluding hydrogens is 324 g/mol. The van der Waals surface area contributed by atoms with Crippen LogP contribution in [-0.2, 0) is 27.1 Å². The topological polar surface area (TPSA) is 35.5 Å². The van der Waals surface area contributed by atoms with Crippen molar-refractivity contribution in [3.63, 3.8) is 0 Å². The highest BCUT2D eigenvalue weighted by molar-refractivity contribution is 5.77. The summed E-state index contributed by atoms with van der Waals surface area (Å²) >= 11 is 0. The summed E-state index contributed by atoms with van der Waals surface area (Å²) < 4.78 is 12.5. The van der Waals surface area contributed by atoms with Crippen molar-refractivity contribution in [2.75, 3.05) is 0 Å². The molecule has 3 nitrogen and oxygen atoms in total. The second-order valence-electron chi connectivity index (χ2n) is 9.48. The monoisotopic (exact) mass is 356 g/mol. The molecule has 0 spiro atoms. The molecule has 2 fully saturated rings. The number of benzene rings is 1. The second-order valence-corrected chi connectivity index (χ2v) is 9.48. The molecule has 0 radical (unpaired) electrons. The summed E-state index contributed by atoms with van der Waals surface area (Å²) in [6.07, 6.45) is 5.00. The van der Waals surface area contributed by atoms with Crippen molar-refractivity contribution in [1.82, 2.24) is 0 Å². The SMILES string of the molecule is CC(C)[C@H]1CC[C@H](C)C[C@@H]1O[C@@H]1OC(=O)[C@H]2Cc3ccccc3C[C@@]12C. The van der Waals surface area contributed by atoms with Crippen molar-refractivity contribution >= 4 is 5.97 Å². The van der Waals surface area contributed by atoms with E-state index in [1.807, 2.05) is 0 Å². The van der Waals surface area contributed by atoms with E-state index < -0.39 is 6.29 Å². The third-order valence-electron chi connectivity index (χ3n) is 7.22. The summed E-state index contributed by atoms with van der Waals surface area (Å²) in [6, 6.07) is 8.49. The number of hydrogen-bond donors (Lipinski definition) is 0. The van der Waals surface area contributed by atoms with Gasteiger partial charge in [0.1, 0.15) is 0 Å². The van der Waals surface area contributed by atoms with Crippen molar-refractivity contribution < 1.29 is 14.3 Å². The fourth-order valence-corrected chi connectivity index (χ4v) is 5.45. The van der Waals surface area contributed by atoms with Crippen LogP contribution in [0.2, 0.25) is 0 Å². The lowest BCUT2D eigenvalue weighted by Gasteiger charge is -2.42. The third-order valence-corrected chi connectivity index (χ3v) is 7.22. The number of esters is 1. The van der Waals surface area contributed by atoms with Gasteiger partial charge in [-0.15, -0.1) is 0 Å². The van der Waals surface area contributed by atoms with E-state index in [4.69, 9.17) is 9.47 Å².